The molecule has 3 rings (SSSR count). The van der Waals surface area contributed by atoms with Crippen LogP contribution in [0, 0.1) is 22.7 Å². The van der Waals surface area contributed by atoms with Crippen molar-refractivity contribution in [2.45, 2.75) is 37.5 Å². The van der Waals surface area contributed by atoms with E-state index in [0.29, 0.717) is 0 Å². The molecule has 0 amide bonds. The molecule has 0 saturated heterocycles. The van der Waals surface area contributed by atoms with Crippen molar-refractivity contribution in [2.24, 2.45) is 22.7 Å². The van der Waals surface area contributed by atoms with Gasteiger partial charge in [0.2, 0.25) is 0 Å². The summed E-state index contributed by atoms with van der Waals surface area (Å²) >= 11 is 0. The Morgan fingerprint density at radius 2 is 1.00 bits per heavy atom. The average Bonchev–Trinajstić information content (AvgIpc) is 2.97. The molecule has 104 valence electrons. The first-order valence-corrected chi connectivity index (χ1v) is 6.27. The lowest BCUT2D eigenvalue weighted by Crippen LogP contribution is -2.26. The Morgan fingerprint density at radius 3 is 1.17 bits per heavy atom. The van der Waals surface area contributed by atoms with Crippen LogP contribution in [0.5, 0.6) is 0 Å². The molecular weight excluding hydrogens is 252 g/mol. The fourth-order valence-electron chi connectivity index (χ4n) is 4.27. The minimum Gasteiger partial charge on any atom is -0.396 e. The van der Waals surface area contributed by atoms with Gasteiger partial charge in [-0.15, -0.1) is 0 Å². The Morgan fingerprint density at radius 1 is 0.722 bits per heavy atom. The molecule has 0 heterocycles. The zero-order valence-electron chi connectivity index (χ0n) is 9.80. The predicted molar refractivity (Wildman–Crippen MR) is 54.4 cm³/mol. The predicted octanol–water partition coefficient (Wildman–Crippen LogP) is 2.05. The van der Waals surface area contributed by atoms with Gasteiger partial charge >= 0.3 is 0 Å². The maximum atomic E-state index is 13.6. The van der Waals surface area contributed by atoms with E-state index >= 15 is 0 Å². The Labute approximate surface area is 102 Å². The molecule has 3 aliphatic carbocycles. The molecule has 3 saturated carbocycles. The lowest BCUT2D eigenvalue weighted by Gasteiger charge is -2.29. The van der Waals surface area contributed by atoms with Crippen molar-refractivity contribution < 1.29 is 27.8 Å². The molecular formula is C12H16F4O2. The van der Waals surface area contributed by atoms with Crippen molar-refractivity contribution in [3.05, 3.63) is 0 Å². The van der Waals surface area contributed by atoms with E-state index in [2.05, 4.69) is 0 Å². The minimum atomic E-state index is -2.91. The van der Waals surface area contributed by atoms with Gasteiger partial charge in [-0.25, -0.2) is 17.6 Å². The van der Waals surface area contributed by atoms with Gasteiger partial charge in [-0.2, -0.15) is 0 Å². The lowest BCUT2D eigenvalue weighted by molar-refractivity contribution is 0.00325. The number of rotatable bonds is 2. The monoisotopic (exact) mass is 268 g/mol. The van der Waals surface area contributed by atoms with E-state index in [1.54, 1.807) is 0 Å². The topological polar surface area (TPSA) is 40.5 Å². The van der Waals surface area contributed by atoms with Crippen molar-refractivity contribution in [1.82, 2.24) is 0 Å². The highest BCUT2D eigenvalue weighted by molar-refractivity contribution is 5.26. The van der Waals surface area contributed by atoms with Crippen molar-refractivity contribution in [3.63, 3.8) is 0 Å². The van der Waals surface area contributed by atoms with Gasteiger partial charge in [0.25, 0.3) is 11.8 Å². The molecule has 0 unspecified atom stereocenters. The highest BCUT2D eigenvalue weighted by Crippen LogP contribution is 2.80. The molecule has 0 aromatic carbocycles. The van der Waals surface area contributed by atoms with Gasteiger partial charge < -0.3 is 10.2 Å². The molecule has 0 radical (unpaired) electrons. The van der Waals surface area contributed by atoms with Crippen LogP contribution in [-0.2, 0) is 0 Å². The summed E-state index contributed by atoms with van der Waals surface area (Å²) in [7, 11) is 0. The van der Waals surface area contributed by atoms with E-state index in [9.17, 15) is 17.6 Å². The lowest BCUT2D eigenvalue weighted by atomic mass is 9.75. The van der Waals surface area contributed by atoms with Gasteiger partial charge in [-0.1, -0.05) is 0 Å². The summed E-state index contributed by atoms with van der Waals surface area (Å²) in [5.41, 5.74) is -2.52. The summed E-state index contributed by atoms with van der Waals surface area (Å²) in [4.78, 5) is 0. The Bertz CT molecular complexity index is 338. The molecule has 3 fully saturated rings. The van der Waals surface area contributed by atoms with Gasteiger partial charge in [-0.3, -0.25) is 0 Å². The molecule has 2 N–H and O–H groups in total. The smallest absolute Gasteiger partial charge is 0.259 e. The third-order valence-electron chi connectivity index (χ3n) is 5.77. The van der Waals surface area contributed by atoms with Gasteiger partial charge in [0.05, 0.1) is 25.0 Å². The van der Waals surface area contributed by atoms with Crippen LogP contribution in [0.25, 0.3) is 0 Å². The van der Waals surface area contributed by atoms with Gasteiger partial charge in [-0.05, 0) is 25.7 Å². The van der Waals surface area contributed by atoms with E-state index in [-0.39, 0.29) is 25.7 Å². The Balaban J connectivity index is 1.75. The van der Waals surface area contributed by atoms with Crippen LogP contribution in [-0.4, -0.2) is 35.3 Å². The molecule has 2 atom stereocenters. The number of hydrogen-bond donors (Lipinski definition) is 2. The van der Waals surface area contributed by atoms with Crippen LogP contribution in [0.15, 0.2) is 0 Å². The minimum absolute atomic E-state index is 0.0251. The van der Waals surface area contributed by atoms with Gasteiger partial charge in [0.1, 0.15) is 0 Å². The molecule has 2 nitrogen and oxygen atoms in total. The molecule has 0 aliphatic heterocycles. The Hall–Kier alpha value is -0.360. The Kier molecular flexibility index (Phi) is 2.25. The molecule has 2 spiro atoms. The summed E-state index contributed by atoms with van der Waals surface area (Å²) < 4.78 is 54.3. The maximum Gasteiger partial charge on any atom is 0.259 e. The van der Waals surface area contributed by atoms with Crippen molar-refractivity contribution >= 4 is 0 Å². The molecule has 0 aromatic heterocycles. The van der Waals surface area contributed by atoms with Crippen LogP contribution in [0.2, 0.25) is 0 Å². The molecule has 18 heavy (non-hydrogen) atoms. The van der Waals surface area contributed by atoms with Crippen molar-refractivity contribution in [1.29, 1.82) is 0 Å². The number of aliphatic hydroxyl groups is 2. The summed E-state index contributed by atoms with van der Waals surface area (Å²) in [5.74, 6) is -7.96. The van der Waals surface area contributed by atoms with E-state index in [4.69, 9.17) is 10.2 Å². The number of hydrogen-bond acceptors (Lipinski definition) is 2. The SMILES string of the molecule is OC[C@H]1C(F)(F)C12CCC1(CC2)[C@@H](CO)C1(F)F. The number of halogens is 4. The second kappa shape index (κ2) is 3.20. The summed E-state index contributed by atoms with van der Waals surface area (Å²) in [5, 5.41) is 17.9. The normalized spacial score (nSPS) is 51.7. The molecule has 6 heteroatoms. The summed E-state index contributed by atoms with van der Waals surface area (Å²) in [6, 6.07) is 0. The summed E-state index contributed by atoms with van der Waals surface area (Å²) in [6.07, 6.45) is 0.100. The zero-order valence-corrected chi connectivity index (χ0v) is 9.80. The largest absolute Gasteiger partial charge is 0.396 e. The fourth-order valence-corrected chi connectivity index (χ4v) is 4.27. The number of alkyl halides is 4. The van der Waals surface area contributed by atoms with Crippen LogP contribution >= 0.6 is 0 Å². The quantitative estimate of drug-likeness (QED) is 0.752. The molecule has 3 aliphatic rings. The first-order chi connectivity index (χ1) is 8.30. The molecule has 0 aromatic rings. The van der Waals surface area contributed by atoms with Gasteiger partial charge in [0.15, 0.2) is 0 Å². The highest BCUT2D eigenvalue weighted by atomic mass is 19.3. The molecule has 0 bridgehead atoms. The number of aliphatic hydroxyl groups excluding tert-OH is 2. The standard InChI is InChI=1S/C12H16F4O2/c13-11(14)7(5-17)9(11)1-2-10(4-3-9)8(6-18)12(10,15)16/h7-8,17-18H,1-6H2/t7-,8-,9?,10?/m1/s1. The van der Waals surface area contributed by atoms with Crippen molar-refractivity contribution in [3.8, 4) is 0 Å². The average molecular weight is 268 g/mol. The van der Waals surface area contributed by atoms with Crippen LogP contribution < -0.4 is 0 Å². The third kappa shape index (κ3) is 1.08. The maximum absolute atomic E-state index is 13.6. The van der Waals surface area contributed by atoms with E-state index in [1.807, 2.05) is 0 Å². The summed E-state index contributed by atoms with van der Waals surface area (Å²) in [6.45, 7) is -1.17. The second-order valence-corrected chi connectivity index (χ2v) is 6.03. The van der Waals surface area contributed by atoms with E-state index in [1.165, 1.54) is 0 Å². The second-order valence-electron chi connectivity index (χ2n) is 6.03. The first kappa shape index (κ1) is 12.7. The van der Waals surface area contributed by atoms with E-state index in [0.717, 1.165) is 0 Å². The van der Waals surface area contributed by atoms with Crippen LogP contribution in [0.4, 0.5) is 17.6 Å². The highest BCUT2D eigenvalue weighted by Gasteiger charge is 2.86. The van der Waals surface area contributed by atoms with Crippen molar-refractivity contribution in [2.75, 3.05) is 13.2 Å². The zero-order chi connectivity index (χ0) is 13.4. The van der Waals surface area contributed by atoms with E-state index < -0.39 is 47.7 Å². The van der Waals surface area contributed by atoms with Crippen LogP contribution in [0.1, 0.15) is 25.7 Å². The van der Waals surface area contributed by atoms with Gasteiger partial charge in [0, 0.05) is 10.8 Å². The van der Waals surface area contributed by atoms with Crippen LogP contribution in [0.3, 0.4) is 0 Å². The first-order valence-electron chi connectivity index (χ1n) is 6.27. The fraction of sp³-hybridized carbons (Fsp3) is 1.00. The third-order valence-corrected chi connectivity index (χ3v) is 5.77.